The zero-order valence-electron chi connectivity index (χ0n) is 11.8. The van der Waals surface area contributed by atoms with E-state index in [1.807, 2.05) is 0 Å². The Morgan fingerprint density at radius 3 is 2.70 bits per heavy atom. The van der Waals surface area contributed by atoms with Crippen LogP contribution in [0.2, 0.25) is 0 Å². The molecule has 0 saturated carbocycles. The molecule has 0 aliphatic carbocycles. The van der Waals surface area contributed by atoms with Gasteiger partial charge in [0, 0.05) is 40.9 Å². The number of likely N-dealkylation sites (N-methyl/N-ethyl adjacent to an activating group) is 1. The van der Waals surface area contributed by atoms with Gasteiger partial charge in [-0.1, -0.05) is 30.3 Å². The highest BCUT2D eigenvalue weighted by Gasteiger charge is 2.00. The molecule has 1 heterocycles. The maximum atomic E-state index is 3.49. The Bertz CT molecular complexity index is 498. The molecule has 0 atom stereocenters. The van der Waals surface area contributed by atoms with Crippen molar-refractivity contribution in [3.05, 3.63) is 56.7 Å². The number of benzene rings is 1. The second-order valence-electron chi connectivity index (χ2n) is 4.95. The summed E-state index contributed by atoms with van der Waals surface area (Å²) in [5.74, 6) is 0. The van der Waals surface area contributed by atoms with E-state index in [1.54, 1.807) is 11.3 Å². The monoisotopic (exact) mass is 352 g/mol. The minimum Gasteiger partial charge on any atom is -0.311 e. The van der Waals surface area contributed by atoms with E-state index in [1.165, 1.54) is 14.9 Å². The van der Waals surface area contributed by atoms with Crippen molar-refractivity contribution in [1.82, 2.24) is 10.2 Å². The first kappa shape index (κ1) is 15.7. The van der Waals surface area contributed by atoms with E-state index in [9.17, 15) is 0 Å². The molecule has 4 heteroatoms. The fourth-order valence-corrected chi connectivity index (χ4v) is 3.43. The van der Waals surface area contributed by atoms with Crippen LogP contribution in [0, 0.1) is 0 Å². The van der Waals surface area contributed by atoms with E-state index in [0.29, 0.717) is 0 Å². The number of hydrogen-bond donors (Lipinski definition) is 1. The van der Waals surface area contributed by atoms with Gasteiger partial charge in [-0.05, 0) is 41.0 Å². The average molecular weight is 353 g/mol. The lowest BCUT2D eigenvalue weighted by molar-refractivity contribution is 0.335. The Morgan fingerprint density at radius 2 is 2.00 bits per heavy atom. The van der Waals surface area contributed by atoms with Gasteiger partial charge >= 0.3 is 0 Å². The predicted molar refractivity (Wildman–Crippen MR) is 91.4 cm³/mol. The van der Waals surface area contributed by atoms with Crippen molar-refractivity contribution in [3.8, 4) is 0 Å². The number of nitrogens with one attached hydrogen (secondary N) is 1. The number of halogens is 1. The van der Waals surface area contributed by atoms with Crippen molar-refractivity contribution in [2.24, 2.45) is 0 Å². The van der Waals surface area contributed by atoms with Crippen molar-refractivity contribution in [3.63, 3.8) is 0 Å². The third-order valence-electron chi connectivity index (χ3n) is 3.22. The van der Waals surface area contributed by atoms with Gasteiger partial charge < -0.3 is 10.2 Å². The molecule has 2 rings (SSSR count). The Labute approximate surface area is 133 Å². The topological polar surface area (TPSA) is 15.3 Å². The summed E-state index contributed by atoms with van der Waals surface area (Å²) in [6.07, 6.45) is 1.12. The molecule has 2 aromatic rings. The van der Waals surface area contributed by atoms with Crippen molar-refractivity contribution in [1.29, 1.82) is 0 Å². The predicted octanol–water partition coefficient (Wildman–Crippen LogP) is 3.77. The zero-order chi connectivity index (χ0) is 14.2. The molecule has 0 unspecified atom stereocenters. The van der Waals surface area contributed by atoms with Gasteiger partial charge in [0.1, 0.15) is 0 Å². The van der Waals surface area contributed by atoms with Gasteiger partial charge in [-0.2, -0.15) is 0 Å². The van der Waals surface area contributed by atoms with E-state index < -0.39 is 0 Å². The molecule has 1 aromatic carbocycles. The molecule has 20 heavy (non-hydrogen) atoms. The smallest absolute Gasteiger partial charge is 0.0300 e. The molecule has 0 saturated heterocycles. The molecular formula is C16H21BrN2S. The third kappa shape index (κ3) is 5.75. The quantitative estimate of drug-likeness (QED) is 0.727. The van der Waals surface area contributed by atoms with Crippen LogP contribution in [0.15, 0.2) is 46.3 Å². The lowest BCUT2D eigenvalue weighted by Gasteiger charge is -2.16. The summed E-state index contributed by atoms with van der Waals surface area (Å²) in [7, 11) is 2.19. The average Bonchev–Trinajstić information content (AvgIpc) is 2.88. The SMILES string of the molecule is CN(CCNCc1cc(Br)cs1)CCc1ccccc1. The summed E-state index contributed by atoms with van der Waals surface area (Å²) < 4.78 is 1.18. The van der Waals surface area contributed by atoms with Crippen LogP contribution in [-0.2, 0) is 13.0 Å². The molecular weight excluding hydrogens is 332 g/mol. The van der Waals surface area contributed by atoms with Crippen molar-refractivity contribution < 1.29 is 0 Å². The van der Waals surface area contributed by atoms with Crippen molar-refractivity contribution in [2.45, 2.75) is 13.0 Å². The molecule has 2 nitrogen and oxygen atoms in total. The van der Waals surface area contributed by atoms with Crippen LogP contribution in [0.5, 0.6) is 0 Å². The summed E-state index contributed by atoms with van der Waals surface area (Å²) in [4.78, 5) is 3.76. The van der Waals surface area contributed by atoms with Crippen LogP contribution in [0.25, 0.3) is 0 Å². The van der Waals surface area contributed by atoms with E-state index in [0.717, 1.165) is 32.6 Å². The number of thiophene rings is 1. The second kappa shape index (κ2) is 8.57. The number of rotatable bonds is 8. The van der Waals surface area contributed by atoms with Crippen molar-refractivity contribution >= 4 is 27.3 Å². The maximum absolute atomic E-state index is 3.49. The Morgan fingerprint density at radius 1 is 1.20 bits per heavy atom. The van der Waals surface area contributed by atoms with Crippen LogP contribution in [0.4, 0.5) is 0 Å². The fraction of sp³-hybridized carbons (Fsp3) is 0.375. The van der Waals surface area contributed by atoms with Crippen LogP contribution in [0.3, 0.4) is 0 Å². The van der Waals surface area contributed by atoms with Gasteiger partial charge in [0.05, 0.1) is 0 Å². The van der Waals surface area contributed by atoms with E-state index in [-0.39, 0.29) is 0 Å². The molecule has 0 aliphatic heterocycles. The van der Waals surface area contributed by atoms with Gasteiger partial charge in [-0.15, -0.1) is 11.3 Å². The molecule has 0 aliphatic rings. The van der Waals surface area contributed by atoms with Gasteiger partial charge in [0.25, 0.3) is 0 Å². The zero-order valence-corrected chi connectivity index (χ0v) is 14.2. The van der Waals surface area contributed by atoms with Gasteiger partial charge in [-0.3, -0.25) is 0 Å². The third-order valence-corrected chi connectivity index (χ3v) is 4.91. The van der Waals surface area contributed by atoms with Crippen molar-refractivity contribution in [2.75, 3.05) is 26.7 Å². The van der Waals surface area contributed by atoms with Crippen LogP contribution >= 0.6 is 27.3 Å². The lowest BCUT2D eigenvalue weighted by Crippen LogP contribution is -2.30. The first-order valence-electron chi connectivity index (χ1n) is 6.90. The van der Waals surface area contributed by atoms with Gasteiger partial charge in [0.15, 0.2) is 0 Å². The Kier molecular flexibility index (Phi) is 6.73. The number of nitrogens with zero attached hydrogens (tertiary/aromatic N) is 1. The fourth-order valence-electron chi connectivity index (χ4n) is 2.00. The van der Waals surface area contributed by atoms with E-state index in [4.69, 9.17) is 0 Å². The lowest BCUT2D eigenvalue weighted by atomic mass is 10.1. The first-order chi connectivity index (χ1) is 9.74. The summed E-state index contributed by atoms with van der Waals surface area (Å²) in [6.45, 7) is 4.18. The molecule has 0 radical (unpaired) electrons. The van der Waals surface area contributed by atoms with Crippen LogP contribution in [0.1, 0.15) is 10.4 Å². The molecule has 108 valence electrons. The molecule has 1 aromatic heterocycles. The highest BCUT2D eigenvalue weighted by Crippen LogP contribution is 2.19. The normalized spacial score (nSPS) is 11.2. The standard InChI is InChI=1S/C16H21BrN2S/c1-19(9-7-14-5-3-2-4-6-14)10-8-18-12-16-11-15(17)13-20-16/h2-6,11,13,18H,7-10,12H2,1H3. The minimum absolute atomic E-state index is 0.961. The summed E-state index contributed by atoms with van der Waals surface area (Å²) in [5.41, 5.74) is 1.41. The number of hydrogen-bond acceptors (Lipinski definition) is 3. The Balaban J connectivity index is 1.57. The van der Waals surface area contributed by atoms with E-state index in [2.05, 4.69) is 75.0 Å². The molecule has 0 spiro atoms. The molecule has 1 N–H and O–H groups in total. The summed E-state index contributed by atoms with van der Waals surface area (Å²) >= 11 is 5.27. The largest absolute Gasteiger partial charge is 0.311 e. The van der Waals surface area contributed by atoms with Gasteiger partial charge in [-0.25, -0.2) is 0 Å². The molecule has 0 fully saturated rings. The van der Waals surface area contributed by atoms with E-state index >= 15 is 0 Å². The molecule has 0 amide bonds. The summed E-state index contributed by atoms with van der Waals surface area (Å²) in [6, 6.07) is 12.9. The minimum atomic E-state index is 0.961. The highest BCUT2D eigenvalue weighted by atomic mass is 79.9. The van der Waals surface area contributed by atoms with Gasteiger partial charge in [0.2, 0.25) is 0 Å². The first-order valence-corrected chi connectivity index (χ1v) is 8.57. The highest BCUT2D eigenvalue weighted by molar-refractivity contribution is 9.10. The second-order valence-corrected chi connectivity index (χ2v) is 6.86. The molecule has 0 bridgehead atoms. The van der Waals surface area contributed by atoms with Crippen LogP contribution < -0.4 is 5.32 Å². The summed E-state index contributed by atoms with van der Waals surface area (Å²) in [5, 5.41) is 5.62. The van der Waals surface area contributed by atoms with Crippen LogP contribution in [-0.4, -0.2) is 31.6 Å². The Hall–Kier alpha value is -0.680. The maximum Gasteiger partial charge on any atom is 0.0300 e.